The van der Waals surface area contributed by atoms with Crippen molar-refractivity contribution >= 4 is 39.1 Å². The van der Waals surface area contributed by atoms with Crippen LogP contribution >= 0.6 is 11.3 Å². The number of ketones is 1. The molecule has 3 aromatic rings. The highest BCUT2D eigenvalue weighted by Gasteiger charge is 2.78. The summed E-state index contributed by atoms with van der Waals surface area (Å²) in [5.74, 6) is -1.38. The first-order valence-corrected chi connectivity index (χ1v) is 22.6. The monoisotopic (exact) mass is 857 g/mol. The molecule has 4 saturated carbocycles. The van der Waals surface area contributed by atoms with Crippen LogP contribution in [-0.2, 0) is 20.9 Å². The Morgan fingerprint density at radius 1 is 0.902 bits per heavy atom. The minimum atomic E-state index is -4.87. The number of ether oxygens (including phenoxy) is 2. The van der Waals surface area contributed by atoms with Crippen molar-refractivity contribution in [2.24, 2.45) is 44.3 Å². The van der Waals surface area contributed by atoms with Gasteiger partial charge < -0.3 is 24.6 Å². The molecule has 10 atom stereocenters. The average molecular weight is 858 g/mol. The fraction of sp³-hybridized carbons (Fsp3) is 0.571. The van der Waals surface area contributed by atoms with E-state index >= 15 is 9.59 Å². The minimum absolute atomic E-state index is 0.0138. The van der Waals surface area contributed by atoms with Gasteiger partial charge in [0.05, 0.1) is 28.5 Å². The molecule has 12 heteroatoms. The predicted molar refractivity (Wildman–Crippen MR) is 223 cm³/mol. The van der Waals surface area contributed by atoms with E-state index in [1.165, 1.54) is 35.6 Å². The molecule has 324 valence electrons. The second kappa shape index (κ2) is 12.8. The summed E-state index contributed by atoms with van der Waals surface area (Å²) < 4.78 is 50.5. The van der Waals surface area contributed by atoms with Crippen LogP contribution < -0.4 is 4.74 Å². The number of carbonyl (C=O) groups is 3. The summed E-state index contributed by atoms with van der Waals surface area (Å²) in [7, 11) is 0. The van der Waals surface area contributed by atoms with Crippen molar-refractivity contribution < 1.29 is 47.2 Å². The zero-order valence-electron chi connectivity index (χ0n) is 35.4. The van der Waals surface area contributed by atoms with E-state index in [2.05, 4.69) is 36.8 Å². The van der Waals surface area contributed by atoms with Gasteiger partial charge in [-0.05, 0) is 117 Å². The molecule has 1 unspecified atom stereocenters. The van der Waals surface area contributed by atoms with Crippen LogP contribution in [0.3, 0.4) is 0 Å². The highest BCUT2D eigenvalue weighted by atomic mass is 32.1. The molecule has 1 saturated heterocycles. The van der Waals surface area contributed by atoms with Gasteiger partial charge in [-0.3, -0.25) is 14.4 Å². The van der Waals surface area contributed by atoms with E-state index in [9.17, 15) is 28.2 Å². The fourth-order valence-corrected chi connectivity index (χ4v) is 15.4. The lowest BCUT2D eigenvalue weighted by Crippen LogP contribution is -2.67. The second-order valence-corrected chi connectivity index (χ2v) is 21.9. The van der Waals surface area contributed by atoms with E-state index < -0.39 is 68.4 Å². The van der Waals surface area contributed by atoms with E-state index in [0.29, 0.717) is 55.4 Å². The minimum Gasteiger partial charge on any atom is -0.448 e. The summed E-state index contributed by atoms with van der Waals surface area (Å²) in [6.07, 6.45) is 6.51. The van der Waals surface area contributed by atoms with Crippen LogP contribution in [0, 0.1) is 44.3 Å². The number of alkyl halides is 3. The van der Waals surface area contributed by atoms with Crippen molar-refractivity contribution in [1.29, 1.82) is 0 Å². The van der Waals surface area contributed by atoms with Crippen LogP contribution in [0.25, 0.3) is 10.1 Å². The number of hydrogen-bond donors (Lipinski definition) is 2. The maximum absolute atomic E-state index is 15.3. The Labute approximate surface area is 358 Å². The largest absolute Gasteiger partial charge is 0.573 e. The standard InChI is InChI=1S/C49H54F3NO7S/c1-41(2)44(5)20-23-48(41,60-40(44)57)39(56)53(27-29-10-12-32(13-11-29)59-49(50,51)52)28-46(58)19-16-37-43(46,4)18-15-36-42(3)17-14-31(54)25-45(42)21-22-47(36,37)33(26-45)38(55)35-24-30-8-6-7-9-34(30)61-35/h6-13,21-22,24,26,31,36-37,54,58H,14-20,23,25,27-28H2,1-5H3/t31?,36-,37-,42-,43+,44+,45+,46-,47-,48-/m1/s1. The van der Waals surface area contributed by atoms with Crippen molar-refractivity contribution in [3.05, 3.63) is 88.8 Å². The molecule has 2 aromatic carbocycles. The maximum atomic E-state index is 15.3. The molecule has 11 rings (SSSR count). The summed E-state index contributed by atoms with van der Waals surface area (Å²) in [6, 6.07) is 15.4. The number of nitrogens with zero attached hydrogens (tertiary/aromatic N) is 1. The highest BCUT2D eigenvalue weighted by Crippen LogP contribution is 2.78. The van der Waals surface area contributed by atoms with Crippen molar-refractivity contribution in [2.75, 3.05) is 6.54 Å². The Morgan fingerprint density at radius 2 is 1.59 bits per heavy atom. The summed E-state index contributed by atoms with van der Waals surface area (Å²) in [5, 5.41) is 25.6. The number of rotatable bonds is 8. The molecular weight excluding hydrogens is 804 g/mol. The Hall–Kier alpha value is -4.00. The van der Waals surface area contributed by atoms with Crippen molar-refractivity contribution in [3.63, 3.8) is 0 Å². The number of aliphatic hydroxyl groups excluding tert-OH is 1. The van der Waals surface area contributed by atoms with Gasteiger partial charge in [0.2, 0.25) is 0 Å². The molecule has 4 bridgehead atoms. The molecule has 2 heterocycles. The first kappa shape index (κ1) is 41.0. The molecule has 7 aliphatic carbocycles. The second-order valence-electron chi connectivity index (χ2n) is 20.8. The predicted octanol–water partition coefficient (Wildman–Crippen LogP) is 9.72. The first-order valence-electron chi connectivity index (χ1n) is 21.8. The normalized spacial score (nSPS) is 40.3. The molecule has 5 fully saturated rings. The van der Waals surface area contributed by atoms with Crippen LogP contribution in [0.5, 0.6) is 5.75 Å². The molecule has 2 spiro atoms. The molecular formula is C49H54F3NO7S. The third-order valence-electron chi connectivity index (χ3n) is 18.3. The lowest BCUT2D eigenvalue weighted by molar-refractivity contribution is -0.274. The topological polar surface area (TPSA) is 113 Å². The van der Waals surface area contributed by atoms with E-state index in [0.717, 1.165) is 28.5 Å². The van der Waals surface area contributed by atoms with Gasteiger partial charge in [-0.25, -0.2) is 0 Å². The van der Waals surface area contributed by atoms with Crippen LogP contribution in [0.15, 0.2) is 78.4 Å². The Morgan fingerprint density at radius 3 is 2.26 bits per heavy atom. The van der Waals surface area contributed by atoms with Gasteiger partial charge in [0.25, 0.3) is 5.91 Å². The number of Topliss-reactive ketones (excluding diaryl/α,β-unsaturated/α-hetero) is 1. The quantitative estimate of drug-likeness (QED) is 0.132. The number of benzene rings is 2. The number of fused-ring (bicyclic) bond motifs is 4. The van der Waals surface area contributed by atoms with Gasteiger partial charge in [-0.15, -0.1) is 24.5 Å². The first-order chi connectivity index (χ1) is 28.6. The molecule has 2 N–H and O–H groups in total. The molecule has 1 amide bonds. The molecule has 61 heavy (non-hydrogen) atoms. The number of halogens is 3. The molecule has 0 radical (unpaired) electrons. The molecule has 8 nitrogen and oxygen atoms in total. The number of allylic oxidation sites excluding steroid dienone is 4. The van der Waals surface area contributed by atoms with Crippen LogP contribution in [0.4, 0.5) is 13.2 Å². The van der Waals surface area contributed by atoms with Crippen molar-refractivity contribution in [3.8, 4) is 5.75 Å². The summed E-state index contributed by atoms with van der Waals surface area (Å²) >= 11 is 1.49. The van der Waals surface area contributed by atoms with Gasteiger partial charge in [0.15, 0.2) is 11.4 Å². The smallest absolute Gasteiger partial charge is 0.448 e. The number of hydrogen-bond acceptors (Lipinski definition) is 8. The van der Waals surface area contributed by atoms with Crippen molar-refractivity contribution in [1.82, 2.24) is 4.90 Å². The molecule has 1 aliphatic heterocycles. The van der Waals surface area contributed by atoms with Crippen LogP contribution in [0.2, 0.25) is 0 Å². The van der Waals surface area contributed by atoms with Gasteiger partial charge in [0, 0.05) is 38.5 Å². The zero-order valence-corrected chi connectivity index (χ0v) is 36.2. The number of thiophene rings is 1. The lowest BCUT2D eigenvalue weighted by Gasteiger charge is -2.71. The summed E-state index contributed by atoms with van der Waals surface area (Å²) in [6.45, 7) is 9.91. The van der Waals surface area contributed by atoms with Gasteiger partial charge in [-0.2, -0.15) is 0 Å². The van der Waals surface area contributed by atoms with E-state index in [-0.39, 0.29) is 36.1 Å². The third kappa shape index (κ3) is 5.27. The molecule has 8 aliphatic rings. The van der Waals surface area contributed by atoms with Gasteiger partial charge in [-0.1, -0.05) is 76.3 Å². The summed E-state index contributed by atoms with van der Waals surface area (Å²) in [5.41, 5.74) is -5.67. The number of esters is 1. The van der Waals surface area contributed by atoms with Crippen LogP contribution in [-0.4, -0.2) is 63.0 Å². The number of carbonyl (C=O) groups excluding carboxylic acids is 3. The van der Waals surface area contributed by atoms with Crippen molar-refractivity contribution in [2.45, 2.75) is 123 Å². The maximum Gasteiger partial charge on any atom is 0.573 e. The van der Waals surface area contributed by atoms with Gasteiger partial charge >= 0.3 is 12.3 Å². The average Bonchev–Trinajstić information content (AvgIpc) is 3.86. The zero-order chi connectivity index (χ0) is 43.4. The Bertz CT molecular complexity index is 2410. The van der Waals surface area contributed by atoms with E-state index in [1.807, 2.05) is 51.1 Å². The SMILES string of the molecule is CC1(C)[C@@]2(C)CC[C@]1(C(=O)N(Cc1ccc(OC(F)(F)F)cc1)C[C@]1(O)CC[C@H]3[C@]45C=C[C@@]6(C=C4C(=O)c4cc7ccccc7s4)CC(O)CC[C@]6(C)[C@H]5CC[C@@]31C)OC2=O. The fourth-order valence-electron chi connectivity index (χ4n) is 14.3. The number of aliphatic hydroxyl groups is 2. The van der Waals surface area contributed by atoms with Gasteiger partial charge in [0.1, 0.15) is 5.75 Å². The Kier molecular flexibility index (Phi) is 8.62. The third-order valence-corrected chi connectivity index (χ3v) is 19.4. The molecule has 1 aromatic heterocycles. The Balaban J connectivity index is 1.05. The summed E-state index contributed by atoms with van der Waals surface area (Å²) in [4.78, 5) is 46.2. The highest BCUT2D eigenvalue weighted by molar-refractivity contribution is 7.21. The number of amides is 1. The lowest BCUT2D eigenvalue weighted by atomic mass is 9.32. The van der Waals surface area contributed by atoms with E-state index in [1.54, 1.807) is 4.90 Å². The van der Waals surface area contributed by atoms with E-state index in [4.69, 9.17) is 4.74 Å². The van der Waals surface area contributed by atoms with Crippen LogP contribution in [0.1, 0.15) is 108 Å².